The lowest BCUT2D eigenvalue weighted by atomic mass is 10.1. The molecule has 1 rings (SSSR count). The van der Waals surface area contributed by atoms with Gasteiger partial charge in [0.15, 0.2) is 0 Å². The lowest BCUT2D eigenvalue weighted by Crippen LogP contribution is -2.29. The number of carbonyl (C=O) groups is 1. The van der Waals surface area contributed by atoms with Crippen LogP contribution in [0.4, 0.5) is 0 Å². The Labute approximate surface area is 102 Å². The Bertz CT molecular complexity index is 337. The number of likely N-dealkylation sites (N-methyl/N-ethyl adjacent to an activating group) is 1. The normalized spacial score (nSPS) is 9.94. The molecule has 0 fully saturated rings. The molecule has 0 saturated carbocycles. The van der Waals surface area contributed by atoms with Gasteiger partial charge in [0, 0.05) is 13.6 Å². The Morgan fingerprint density at radius 1 is 1.38 bits per heavy atom. The number of carbonyl (C=O) groups excluding carboxylic acids is 1. The molecule has 0 heterocycles. The molecule has 0 spiro atoms. The van der Waals surface area contributed by atoms with Gasteiger partial charge in [0.2, 0.25) is 5.91 Å². The van der Waals surface area contributed by atoms with Gasteiger partial charge in [0.1, 0.15) is 5.75 Å². The van der Waals surface area contributed by atoms with E-state index in [1.54, 1.807) is 19.1 Å². The molecule has 1 amide bonds. The zero-order valence-corrected chi connectivity index (χ0v) is 10.5. The van der Waals surface area contributed by atoms with E-state index in [-0.39, 0.29) is 11.7 Å². The van der Waals surface area contributed by atoms with Gasteiger partial charge >= 0.3 is 0 Å². The summed E-state index contributed by atoms with van der Waals surface area (Å²) in [6.07, 6.45) is 0.847. The molecule has 0 N–H and O–H groups in total. The van der Waals surface area contributed by atoms with Crippen LogP contribution >= 0.6 is 12.6 Å². The molecule has 1 aromatic carbocycles. The van der Waals surface area contributed by atoms with Gasteiger partial charge in [-0.3, -0.25) is 4.79 Å². The fourth-order valence-corrected chi connectivity index (χ4v) is 1.58. The minimum atomic E-state index is 0.0526. The van der Waals surface area contributed by atoms with Crippen LogP contribution in [0, 0.1) is 0 Å². The number of methoxy groups -OCH3 is 1. The molecule has 0 aromatic heterocycles. The van der Waals surface area contributed by atoms with Crippen LogP contribution in [-0.2, 0) is 11.2 Å². The molecule has 0 aliphatic rings. The molecule has 0 aliphatic heterocycles. The maximum atomic E-state index is 11.3. The summed E-state index contributed by atoms with van der Waals surface area (Å²) < 4.78 is 5.08. The van der Waals surface area contributed by atoms with Gasteiger partial charge in [0.25, 0.3) is 0 Å². The Kier molecular flexibility index (Phi) is 5.19. The van der Waals surface area contributed by atoms with Gasteiger partial charge in [-0.15, -0.1) is 0 Å². The van der Waals surface area contributed by atoms with Crippen molar-refractivity contribution in [2.75, 3.05) is 26.5 Å². The zero-order valence-electron chi connectivity index (χ0n) is 9.64. The Morgan fingerprint density at radius 3 is 2.50 bits per heavy atom. The van der Waals surface area contributed by atoms with Crippen LogP contribution in [0.25, 0.3) is 0 Å². The van der Waals surface area contributed by atoms with Crippen molar-refractivity contribution in [3.05, 3.63) is 29.8 Å². The molecule has 3 nitrogen and oxygen atoms in total. The number of rotatable bonds is 5. The minimum Gasteiger partial charge on any atom is -0.497 e. The minimum absolute atomic E-state index is 0.0526. The monoisotopic (exact) mass is 239 g/mol. The van der Waals surface area contributed by atoms with Crippen LogP contribution in [0.15, 0.2) is 24.3 Å². The van der Waals surface area contributed by atoms with E-state index in [0.29, 0.717) is 6.54 Å². The first-order valence-corrected chi connectivity index (χ1v) is 5.78. The maximum Gasteiger partial charge on any atom is 0.232 e. The van der Waals surface area contributed by atoms with E-state index in [9.17, 15) is 4.79 Å². The molecule has 0 aliphatic carbocycles. The van der Waals surface area contributed by atoms with Gasteiger partial charge in [-0.2, -0.15) is 12.6 Å². The molecule has 4 heteroatoms. The van der Waals surface area contributed by atoms with Crippen molar-refractivity contribution in [3.8, 4) is 5.75 Å². The number of hydrogen-bond acceptors (Lipinski definition) is 3. The first-order valence-electron chi connectivity index (χ1n) is 5.15. The van der Waals surface area contributed by atoms with Crippen molar-refractivity contribution in [2.45, 2.75) is 6.42 Å². The quantitative estimate of drug-likeness (QED) is 0.791. The average molecular weight is 239 g/mol. The molecule has 88 valence electrons. The van der Waals surface area contributed by atoms with Gasteiger partial charge < -0.3 is 9.64 Å². The van der Waals surface area contributed by atoms with Crippen LogP contribution in [0.2, 0.25) is 0 Å². The second kappa shape index (κ2) is 6.43. The summed E-state index contributed by atoms with van der Waals surface area (Å²) in [6, 6.07) is 7.88. The molecule has 0 saturated heterocycles. The van der Waals surface area contributed by atoms with Crippen LogP contribution in [0.1, 0.15) is 5.56 Å². The predicted octanol–water partition coefficient (Wildman–Crippen LogP) is 1.63. The molecule has 1 aromatic rings. The topological polar surface area (TPSA) is 29.5 Å². The lowest BCUT2D eigenvalue weighted by Gasteiger charge is -2.15. The highest BCUT2D eigenvalue weighted by Crippen LogP contribution is 2.11. The smallest absolute Gasteiger partial charge is 0.232 e. The van der Waals surface area contributed by atoms with Gasteiger partial charge in [-0.05, 0) is 24.1 Å². The number of benzene rings is 1. The van der Waals surface area contributed by atoms with Crippen molar-refractivity contribution in [1.82, 2.24) is 4.90 Å². The SMILES string of the molecule is COc1ccc(CCN(C)C(=O)CS)cc1. The van der Waals surface area contributed by atoms with Crippen molar-refractivity contribution in [2.24, 2.45) is 0 Å². The highest BCUT2D eigenvalue weighted by atomic mass is 32.1. The van der Waals surface area contributed by atoms with Crippen LogP contribution in [0.5, 0.6) is 5.75 Å². The number of ether oxygens (including phenoxy) is 1. The highest BCUT2D eigenvalue weighted by molar-refractivity contribution is 7.81. The number of nitrogens with zero attached hydrogens (tertiary/aromatic N) is 1. The summed E-state index contributed by atoms with van der Waals surface area (Å²) in [6.45, 7) is 0.714. The molecule has 0 atom stereocenters. The summed E-state index contributed by atoms with van der Waals surface area (Å²) in [5, 5.41) is 0. The number of amides is 1. The third-order valence-corrected chi connectivity index (χ3v) is 2.73. The average Bonchev–Trinajstić information content (AvgIpc) is 2.35. The second-order valence-electron chi connectivity index (χ2n) is 3.57. The molecule has 0 bridgehead atoms. The van der Waals surface area contributed by atoms with E-state index in [1.165, 1.54) is 5.56 Å². The number of hydrogen-bond donors (Lipinski definition) is 1. The van der Waals surface area contributed by atoms with E-state index in [1.807, 2.05) is 24.3 Å². The highest BCUT2D eigenvalue weighted by Gasteiger charge is 2.05. The molecular formula is C12H17NO2S. The van der Waals surface area contributed by atoms with E-state index < -0.39 is 0 Å². The van der Waals surface area contributed by atoms with Crippen molar-refractivity contribution >= 4 is 18.5 Å². The summed E-state index contributed by atoms with van der Waals surface area (Å²) in [7, 11) is 3.44. The summed E-state index contributed by atoms with van der Waals surface area (Å²) in [5.74, 6) is 1.17. The zero-order chi connectivity index (χ0) is 12.0. The summed E-state index contributed by atoms with van der Waals surface area (Å²) in [4.78, 5) is 13.0. The van der Waals surface area contributed by atoms with Crippen LogP contribution < -0.4 is 4.74 Å². The van der Waals surface area contributed by atoms with Crippen molar-refractivity contribution < 1.29 is 9.53 Å². The Morgan fingerprint density at radius 2 is 2.00 bits per heavy atom. The first-order chi connectivity index (χ1) is 7.67. The van der Waals surface area contributed by atoms with Crippen LogP contribution in [0.3, 0.4) is 0 Å². The lowest BCUT2D eigenvalue weighted by molar-refractivity contribution is -0.127. The van der Waals surface area contributed by atoms with Gasteiger partial charge in [0.05, 0.1) is 12.9 Å². The summed E-state index contributed by atoms with van der Waals surface area (Å²) >= 11 is 3.95. The predicted molar refractivity (Wildman–Crippen MR) is 68.2 cm³/mol. The fourth-order valence-electron chi connectivity index (χ4n) is 1.33. The van der Waals surface area contributed by atoms with E-state index in [2.05, 4.69) is 12.6 Å². The van der Waals surface area contributed by atoms with Crippen LogP contribution in [-0.4, -0.2) is 37.3 Å². The first kappa shape index (κ1) is 12.9. The Hall–Kier alpha value is -1.16. The van der Waals surface area contributed by atoms with E-state index in [4.69, 9.17) is 4.74 Å². The van der Waals surface area contributed by atoms with E-state index in [0.717, 1.165) is 12.2 Å². The third kappa shape index (κ3) is 3.77. The largest absolute Gasteiger partial charge is 0.497 e. The van der Waals surface area contributed by atoms with Crippen molar-refractivity contribution in [3.63, 3.8) is 0 Å². The molecule has 0 unspecified atom stereocenters. The molecule has 16 heavy (non-hydrogen) atoms. The maximum absolute atomic E-state index is 11.3. The van der Waals surface area contributed by atoms with Crippen molar-refractivity contribution in [1.29, 1.82) is 0 Å². The Balaban J connectivity index is 2.45. The number of thiol groups is 1. The molecule has 0 radical (unpaired) electrons. The second-order valence-corrected chi connectivity index (χ2v) is 3.89. The fraction of sp³-hybridized carbons (Fsp3) is 0.417. The summed E-state index contributed by atoms with van der Waals surface area (Å²) in [5.41, 5.74) is 1.19. The third-order valence-electron chi connectivity index (χ3n) is 2.46. The van der Waals surface area contributed by atoms with E-state index >= 15 is 0 Å². The molecular weight excluding hydrogens is 222 g/mol. The van der Waals surface area contributed by atoms with Gasteiger partial charge in [-0.25, -0.2) is 0 Å². The van der Waals surface area contributed by atoms with Gasteiger partial charge in [-0.1, -0.05) is 12.1 Å². The standard InChI is InChI=1S/C12H17NO2S/c1-13(12(14)9-16)8-7-10-3-5-11(15-2)6-4-10/h3-6,16H,7-9H2,1-2H3.